The number of nitrogens with two attached hydrogens (primary N) is 1. The molecule has 1 aliphatic rings. The van der Waals surface area contributed by atoms with Crippen molar-refractivity contribution >= 4 is 21.6 Å². The summed E-state index contributed by atoms with van der Waals surface area (Å²) in [5, 5.41) is 7.89. The Morgan fingerprint density at radius 2 is 1.76 bits per heavy atom. The number of benzene rings is 1. The van der Waals surface area contributed by atoms with E-state index in [2.05, 4.69) is 12.2 Å². The zero-order valence-corrected chi connectivity index (χ0v) is 13.0. The summed E-state index contributed by atoms with van der Waals surface area (Å²) in [4.78, 5) is 12.2. The van der Waals surface area contributed by atoms with E-state index in [-0.39, 0.29) is 17.6 Å². The molecule has 1 amide bonds. The molecule has 2 rings (SSSR count). The van der Waals surface area contributed by atoms with E-state index < -0.39 is 10.0 Å². The van der Waals surface area contributed by atoms with Crippen LogP contribution in [0.3, 0.4) is 0 Å². The number of hydrogen-bond donors (Lipinski definition) is 2. The normalized spacial score (nSPS) is 22.8. The van der Waals surface area contributed by atoms with Crippen molar-refractivity contribution in [3.8, 4) is 0 Å². The van der Waals surface area contributed by atoms with Crippen LogP contribution in [-0.2, 0) is 20.6 Å². The Morgan fingerprint density at radius 1 is 1.19 bits per heavy atom. The first-order chi connectivity index (χ1) is 9.83. The third-order valence-corrected chi connectivity index (χ3v) is 4.71. The average molecular weight is 310 g/mol. The van der Waals surface area contributed by atoms with E-state index in [1.807, 2.05) is 0 Å². The number of rotatable bonds is 4. The second kappa shape index (κ2) is 6.58. The minimum Gasteiger partial charge on any atom is -0.326 e. The van der Waals surface area contributed by atoms with E-state index in [0.29, 0.717) is 17.2 Å². The van der Waals surface area contributed by atoms with Gasteiger partial charge in [-0.1, -0.05) is 19.1 Å². The maximum atomic E-state index is 12.2. The van der Waals surface area contributed by atoms with Gasteiger partial charge >= 0.3 is 0 Å². The van der Waals surface area contributed by atoms with Crippen molar-refractivity contribution in [2.75, 3.05) is 5.32 Å². The topological polar surface area (TPSA) is 89.3 Å². The van der Waals surface area contributed by atoms with Crippen molar-refractivity contribution < 1.29 is 13.2 Å². The van der Waals surface area contributed by atoms with E-state index in [1.54, 1.807) is 24.3 Å². The molecule has 1 fully saturated rings. The predicted molar refractivity (Wildman–Crippen MR) is 83.0 cm³/mol. The van der Waals surface area contributed by atoms with Gasteiger partial charge in [-0.15, -0.1) is 0 Å². The molecule has 0 saturated heterocycles. The van der Waals surface area contributed by atoms with Gasteiger partial charge in [0.1, 0.15) is 0 Å². The van der Waals surface area contributed by atoms with Gasteiger partial charge in [0, 0.05) is 11.6 Å². The SMILES string of the molecule is CC1CCC(C(=O)Nc2ccc(CS(N)(=O)=O)cc2)CC1. The van der Waals surface area contributed by atoms with Crippen LogP contribution in [0.5, 0.6) is 0 Å². The summed E-state index contributed by atoms with van der Waals surface area (Å²) in [6.07, 6.45) is 4.09. The molecule has 0 unspecified atom stereocenters. The number of amides is 1. The molecule has 6 heteroatoms. The second-order valence-corrected chi connectivity index (χ2v) is 7.56. The summed E-state index contributed by atoms with van der Waals surface area (Å²) in [6.45, 7) is 2.22. The Kier molecular flexibility index (Phi) is 5.00. The van der Waals surface area contributed by atoms with Crippen LogP contribution in [-0.4, -0.2) is 14.3 Å². The summed E-state index contributed by atoms with van der Waals surface area (Å²) < 4.78 is 22.0. The van der Waals surface area contributed by atoms with Crippen LogP contribution in [0.25, 0.3) is 0 Å². The minimum atomic E-state index is -3.52. The Balaban J connectivity index is 1.92. The molecule has 0 heterocycles. The molecule has 1 saturated carbocycles. The molecule has 0 aliphatic heterocycles. The van der Waals surface area contributed by atoms with Crippen LogP contribution in [0.15, 0.2) is 24.3 Å². The van der Waals surface area contributed by atoms with Crippen molar-refractivity contribution in [2.24, 2.45) is 17.0 Å². The monoisotopic (exact) mass is 310 g/mol. The first kappa shape index (κ1) is 16.0. The van der Waals surface area contributed by atoms with Gasteiger partial charge in [0.25, 0.3) is 0 Å². The summed E-state index contributed by atoms with van der Waals surface area (Å²) in [7, 11) is -3.52. The van der Waals surface area contributed by atoms with Gasteiger partial charge in [-0.3, -0.25) is 4.79 Å². The maximum absolute atomic E-state index is 12.2. The summed E-state index contributed by atoms with van der Waals surface area (Å²) >= 11 is 0. The first-order valence-electron chi connectivity index (χ1n) is 7.24. The largest absolute Gasteiger partial charge is 0.326 e. The Morgan fingerprint density at radius 3 is 2.29 bits per heavy atom. The van der Waals surface area contributed by atoms with Crippen LogP contribution < -0.4 is 10.5 Å². The highest BCUT2D eigenvalue weighted by Crippen LogP contribution is 2.29. The minimum absolute atomic E-state index is 0.0566. The lowest BCUT2D eigenvalue weighted by Crippen LogP contribution is -2.26. The Labute approximate surface area is 126 Å². The number of carbonyl (C=O) groups is 1. The predicted octanol–water partition coefficient (Wildman–Crippen LogP) is 2.24. The fourth-order valence-corrected chi connectivity index (χ4v) is 3.34. The smallest absolute Gasteiger partial charge is 0.227 e. The van der Waals surface area contributed by atoms with Gasteiger partial charge in [0.2, 0.25) is 15.9 Å². The van der Waals surface area contributed by atoms with Crippen molar-refractivity contribution in [1.29, 1.82) is 0 Å². The number of primary sulfonamides is 1. The fourth-order valence-electron chi connectivity index (χ4n) is 2.68. The third kappa shape index (κ3) is 5.13. The molecular weight excluding hydrogens is 288 g/mol. The molecule has 5 nitrogen and oxygen atoms in total. The van der Waals surface area contributed by atoms with Gasteiger partial charge < -0.3 is 5.32 Å². The standard InChI is InChI=1S/C15H22N2O3S/c1-11-2-6-13(7-3-11)15(18)17-14-8-4-12(5-9-14)10-21(16,19)20/h4-5,8-9,11,13H,2-3,6-7,10H2,1H3,(H,17,18)(H2,16,19,20). The van der Waals surface area contributed by atoms with Gasteiger partial charge in [-0.2, -0.15) is 0 Å². The fraction of sp³-hybridized carbons (Fsp3) is 0.533. The molecule has 1 aromatic rings. The van der Waals surface area contributed by atoms with Crippen molar-refractivity contribution in [2.45, 2.75) is 38.4 Å². The summed E-state index contributed by atoms with van der Waals surface area (Å²) in [5.41, 5.74) is 1.30. The molecule has 0 atom stereocenters. The highest BCUT2D eigenvalue weighted by atomic mass is 32.2. The summed E-state index contributed by atoms with van der Waals surface area (Å²) in [5.74, 6) is 0.666. The van der Waals surface area contributed by atoms with E-state index in [0.717, 1.165) is 25.7 Å². The molecule has 0 radical (unpaired) electrons. The van der Waals surface area contributed by atoms with Crippen LogP contribution in [0.4, 0.5) is 5.69 Å². The van der Waals surface area contributed by atoms with Crippen molar-refractivity contribution in [1.82, 2.24) is 0 Å². The lowest BCUT2D eigenvalue weighted by molar-refractivity contribution is -0.121. The molecule has 0 bridgehead atoms. The number of hydrogen-bond acceptors (Lipinski definition) is 3. The van der Waals surface area contributed by atoms with Crippen LogP contribution in [0.2, 0.25) is 0 Å². The van der Waals surface area contributed by atoms with Crippen LogP contribution in [0.1, 0.15) is 38.2 Å². The van der Waals surface area contributed by atoms with Crippen molar-refractivity contribution in [3.05, 3.63) is 29.8 Å². The van der Waals surface area contributed by atoms with Gasteiger partial charge in [0.05, 0.1) is 5.75 Å². The first-order valence-corrected chi connectivity index (χ1v) is 8.95. The van der Waals surface area contributed by atoms with Gasteiger partial charge in [-0.05, 0) is 49.3 Å². The molecular formula is C15H22N2O3S. The maximum Gasteiger partial charge on any atom is 0.227 e. The highest BCUT2D eigenvalue weighted by molar-refractivity contribution is 7.88. The van der Waals surface area contributed by atoms with Crippen LogP contribution >= 0.6 is 0 Å². The third-order valence-electron chi connectivity index (χ3n) is 3.98. The van der Waals surface area contributed by atoms with Crippen LogP contribution in [0, 0.1) is 11.8 Å². The van der Waals surface area contributed by atoms with Gasteiger partial charge in [-0.25, -0.2) is 13.6 Å². The average Bonchev–Trinajstić information content (AvgIpc) is 2.40. The van der Waals surface area contributed by atoms with Crippen molar-refractivity contribution in [3.63, 3.8) is 0 Å². The number of nitrogens with one attached hydrogen (secondary N) is 1. The molecule has 0 spiro atoms. The molecule has 0 aromatic heterocycles. The quantitative estimate of drug-likeness (QED) is 0.893. The van der Waals surface area contributed by atoms with E-state index in [4.69, 9.17) is 5.14 Å². The Bertz CT molecular complexity index is 588. The molecule has 116 valence electrons. The van der Waals surface area contributed by atoms with E-state index in [9.17, 15) is 13.2 Å². The lowest BCUT2D eigenvalue weighted by Gasteiger charge is -2.25. The molecule has 1 aliphatic carbocycles. The molecule has 21 heavy (non-hydrogen) atoms. The Hall–Kier alpha value is -1.40. The van der Waals surface area contributed by atoms with E-state index >= 15 is 0 Å². The summed E-state index contributed by atoms with van der Waals surface area (Å²) in [6, 6.07) is 6.76. The zero-order chi connectivity index (χ0) is 15.5. The number of carbonyl (C=O) groups excluding carboxylic acids is 1. The number of anilines is 1. The zero-order valence-electron chi connectivity index (χ0n) is 12.2. The number of sulfonamides is 1. The lowest BCUT2D eigenvalue weighted by atomic mass is 9.82. The molecule has 3 N–H and O–H groups in total. The second-order valence-electron chi connectivity index (χ2n) is 5.95. The van der Waals surface area contributed by atoms with E-state index in [1.165, 1.54) is 0 Å². The van der Waals surface area contributed by atoms with Gasteiger partial charge in [0.15, 0.2) is 0 Å². The molecule has 1 aromatic carbocycles. The highest BCUT2D eigenvalue weighted by Gasteiger charge is 2.24.